The Bertz CT molecular complexity index is 632. The van der Waals surface area contributed by atoms with Crippen LogP contribution in [-0.4, -0.2) is 7.11 Å². The van der Waals surface area contributed by atoms with Crippen LogP contribution in [0.3, 0.4) is 0 Å². The maximum Gasteiger partial charge on any atom is 0.122 e. The second-order valence-electron chi connectivity index (χ2n) is 4.83. The SMILES string of the molecule is COc1ccc(Cl)cc1CC(NN)c1cccc(Cl)c1C. The van der Waals surface area contributed by atoms with Gasteiger partial charge in [-0.2, -0.15) is 0 Å². The van der Waals surface area contributed by atoms with Gasteiger partial charge in [-0.25, -0.2) is 0 Å². The van der Waals surface area contributed by atoms with E-state index >= 15 is 0 Å². The van der Waals surface area contributed by atoms with Crippen molar-refractivity contribution in [3.05, 3.63) is 63.1 Å². The van der Waals surface area contributed by atoms with Gasteiger partial charge in [0.15, 0.2) is 0 Å². The smallest absolute Gasteiger partial charge is 0.122 e. The molecular formula is C16H18Cl2N2O. The van der Waals surface area contributed by atoms with E-state index in [9.17, 15) is 0 Å². The Hall–Kier alpha value is -1.26. The van der Waals surface area contributed by atoms with Crippen molar-refractivity contribution >= 4 is 23.2 Å². The summed E-state index contributed by atoms with van der Waals surface area (Å²) < 4.78 is 5.38. The molecule has 0 aliphatic rings. The number of nitrogens with two attached hydrogens (primary N) is 1. The van der Waals surface area contributed by atoms with Crippen molar-refractivity contribution in [1.29, 1.82) is 0 Å². The van der Waals surface area contributed by atoms with Crippen molar-refractivity contribution < 1.29 is 4.74 Å². The van der Waals surface area contributed by atoms with Crippen molar-refractivity contribution in [2.45, 2.75) is 19.4 Å². The molecule has 0 amide bonds. The van der Waals surface area contributed by atoms with E-state index in [1.807, 2.05) is 37.3 Å². The fourth-order valence-corrected chi connectivity index (χ4v) is 2.76. The first-order valence-electron chi connectivity index (χ1n) is 6.60. The first kappa shape index (κ1) is 16.1. The van der Waals surface area contributed by atoms with Crippen molar-refractivity contribution in [3.63, 3.8) is 0 Å². The number of hydrogen-bond acceptors (Lipinski definition) is 3. The maximum absolute atomic E-state index is 6.19. The van der Waals surface area contributed by atoms with Gasteiger partial charge in [0.05, 0.1) is 13.2 Å². The van der Waals surface area contributed by atoms with Crippen LogP contribution in [0.2, 0.25) is 10.0 Å². The average molecular weight is 325 g/mol. The summed E-state index contributed by atoms with van der Waals surface area (Å²) in [4.78, 5) is 0. The fraction of sp³-hybridized carbons (Fsp3) is 0.250. The fourth-order valence-electron chi connectivity index (χ4n) is 2.39. The van der Waals surface area contributed by atoms with E-state index in [0.717, 1.165) is 27.5 Å². The van der Waals surface area contributed by atoms with Crippen LogP contribution in [0.4, 0.5) is 0 Å². The normalized spacial score (nSPS) is 12.2. The van der Waals surface area contributed by atoms with E-state index < -0.39 is 0 Å². The van der Waals surface area contributed by atoms with E-state index in [-0.39, 0.29) is 6.04 Å². The lowest BCUT2D eigenvalue weighted by Crippen LogP contribution is -2.30. The minimum absolute atomic E-state index is 0.0731. The second kappa shape index (κ2) is 7.14. The van der Waals surface area contributed by atoms with Crippen LogP contribution in [-0.2, 0) is 6.42 Å². The molecule has 1 atom stereocenters. The van der Waals surface area contributed by atoms with Crippen molar-refractivity contribution in [2.24, 2.45) is 5.84 Å². The highest BCUT2D eigenvalue weighted by molar-refractivity contribution is 6.31. The van der Waals surface area contributed by atoms with Gasteiger partial charge in [0, 0.05) is 10.0 Å². The number of rotatable bonds is 5. The number of hydrazine groups is 1. The Morgan fingerprint density at radius 3 is 2.67 bits per heavy atom. The van der Waals surface area contributed by atoms with Crippen molar-refractivity contribution in [2.75, 3.05) is 7.11 Å². The first-order valence-corrected chi connectivity index (χ1v) is 7.36. The number of hydrogen-bond donors (Lipinski definition) is 2. The highest BCUT2D eigenvalue weighted by Crippen LogP contribution is 2.30. The lowest BCUT2D eigenvalue weighted by Gasteiger charge is -2.20. The molecule has 0 saturated carbocycles. The molecule has 0 aromatic heterocycles. The lowest BCUT2D eigenvalue weighted by atomic mass is 9.95. The standard InChI is InChI=1S/C16H18Cl2N2O/c1-10-13(4-3-5-14(10)18)15(20-19)9-11-8-12(17)6-7-16(11)21-2/h3-8,15,20H,9,19H2,1-2H3. The third kappa shape index (κ3) is 3.69. The molecule has 2 rings (SSSR count). The zero-order valence-electron chi connectivity index (χ0n) is 12.0. The highest BCUT2D eigenvalue weighted by atomic mass is 35.5. The quantitative estimate of drug-likeness (QED) is 0.644. The van der Waals surface area contributed by atoms with Crippen molar-refractivity contribution in [1.82, 2.24) is 5.43 Å². The molecule has 2 aromatic rings. The van der Waals surface area contributed by atoms with Crippen LogP contribution >= 0.6 is 23.2 Å². The molecule has 5 heteroatoms. The van der Waals surface area contributed by atoms with Crippen LogP contribution in [0, 0.1) is 6.92 Å². The number of nitrogens with one attached hydrogen (secondary N) is 1. The van der Waals surface area contributed by atoms with E-state index in [1.165, 1.54) is 0 Å². The molecule has 0 bridgehead atoms. The number of benzene rings is 2. The molecule has 0 heterocycles. The van der Waals surface area contributed by atoms with E-state index in [1.54, 1.807) is 13.2 Å². The zero-order valence-corrected chi connectivity index (χ0v) is 13.5. The molecule has 3 nitrogen and oxygen atoms in total. The van der Waals surface area contributed by atoms with Crippen LogP contribution in [0.1, 0.15) is 22.7 Å². The van der Waals surface area contributed by atoms with Gasteiger partial charge in [-0.1, -0.05) is 35.3 Å². The molecule has 0 aliphatic heterocycles. The van der Waals surface area contributed by atoms with Gasteiger partial charge in [-0.05, 0) is 54.3 Å². The summed E-state index contributed by atoms with van der Waals surface area (Å²) in [6.45, 7) is 1.98. The molecule has 0 aliphatic carbocycles. The number of halogens is 2. The minimum Gasteiger partial charge on any atom is -0.496 e. The van der Waals surface area contributed by atoms with Gasteiger partial charge in [0.25, 0.3) is 0 Å². The van der Waals surface area contributed by atoms with Gasteiger partial charge in [0.1, 0.15) is 5.75 Å². The largest absolute Gasteiger partial charge is 0.496 e. The summed E-state index contributed by atoms with van der Waals surface area (Å²) in [6, 6.07) is 11.3. The van der Waals surface area contributed by atoms with E-state index in [0.29, 0.717) is 11.4 Å². The Kier molecular flexibility index (Phi) is 5.48. The summed E-state index contributed by atoms with van der Waals surface area (Å²) in [6.07, 6.45) is 0.654. The highest BCUT2D eigenvalue weighted by Gasteiger charge is 2.16. The van der Waals surface area contributed by atoms with Gasteiger partial charge < -0.3 is 4.74 Å². The van der Waals surface area contributed by atoms with Crippen LogP contribution < -0.4 is 16.0 Å². The average Bonchev–Trinajstić information content (AvgIpc) is 2.48. The molecular weight excluding hydrogens is 307 g/mol. The molecule has 21 heavy (non-hydrogen) atoms. The monoisotopic (exact) mass is 324 g/mol. The summed E-state index contributed by atoms with van der Waals surface area (Å²) in [5.74, 6) is 6.53. The summed E-state index contributed by atoms with van der Waals surface area (Å²) in [5, 5.41) is 1.40. The molecule has 112 valence electrons. The summed E-state index contributed by atoms with van der Waals surface area (Å²) in [5.41, 5.74) is 5.92. The van der Waals surface area contributed by atoms with Crippen LogP contribution in [0.25, 0.3) is 0 Å². The molecule has 0 fully saturated rings. The third-order valence-corrected chi connectivity index (χ3v) is 4.20. The topological polar surface area (TPSA) is 47.3 Å². The van der Waals surface area contributed by atoms with E-state index in [2.05, 4.69) is 5.43 Å². The Morgan fingerprint density at radius 1 is 1.24 bits per heavy atom. The first-order chi connectivity index (χ1) is 10.1. The molecule has 1 unspecified atom stereocenters. The Balaban J connectivity index is 2.35. The molecule has 0 radical (unpaired) electrons. The Labute approximate surface area is 135 Å². The predicted octanol–water partition coefficient (Wildman–Crippen LogP) is 4.06. The molecule has 3 N–H and O–H groups in total. The van der Waals surface area contributed by atoms with E-state index in [4.69, 9.17) is 33.8 Å². The van der Waals surface area contributed by atoms with Gasteiger partial charge in [-0.3, -0.25) is 11.3 Å². The molecule has 2 aromatic carbocycles. The van der Waals surface area contributed by atoms with Gasteiger partial charge >= 0.3 is 0 Å². The van der Waals surface area contributed by atoms with Gasteiger partial charge in [-0.15, -0.1) is 0 Å². The van der Waals surface area contributed by atoms with Crippen LogP contribution in [0.5, 0.6) is 5.75 Å². The van der Waals surface area contributed by atoms with Crippen LogP contribution in [0.15, 0.2) is 36.4 Å². The maximum atomic E-state index is 6.19. The molecule has 0 saturated heterocycles. The lowest BCUT2D eigenvalue weighted by molar-refractivity contribution is 0.405. The summed E-state index contributed by atoms with van der Waals surface area (Å²) in [7, 11) is 1.64. The molecule has 0 spiro atoms. The third-order valence-electron chi connectivity index (χ3n) is 3.55. The minimum atomic E-state index is -0.0731. The van der Waals surface area contributed by atoms with Gasteiger partial charge in [0.2, 0.25) is 0 Å². The zero-order chi connectivity index (χ0) is 15.4. The predicted molar refractivity (Wildman–Crippen MR) is 88.0 cm³/mol. The van der Waals surface area contributed by atoms with Crippen molar-refractivity contribution in [3.8, 4) is 5.75 Å². The Morgan fingerprint density at radius 2 is 2.00 bits per heavy atom. The number of ether oxygens (including phenoxy) is 1. The number of methoxy groups -OCH3 is 1. The second-order valence-corrected chi connectivity index (χ2v) is 5.68. The summed E-state index contributed by atoms with van der Waals surface area (Å²) >= 11 is 12.3.